The van der Waals surface area contributed by atoms with Crippen LogP contribution in [-0.4, -0.2) is 88.2 Å². The molecule has 12 N–H and O–H groups in total. The minimum Gasteiger partial charge on any atom is -0.481 e. The Morgan fingerprint density at radius 2 is 1.28 bits per heavy atom. The average molecular weight is 462 g/mol. The van der Waals surface area contributed by atoms with E-state index in [9.17, 15) is 33.9 Å². The first kappa shape index (κ1) is 28.7. The fraction of sp³-hybridized carbons (Fsp3) is 0.647. The molecule has 0 aliphatic rings. The number of carboxylic acids is 2. The third-order valence-electron chi connectivity index (χ3n) is 4.14. The predicted molar refractivity (Wildman–Crippen MR) is 107 cm³/mol. The molecule has 0 aromatic carbocycles. The number of primary amides is 1. The van der Waals surface area contributed by atoms with Gasteiger partial charge in [0.1, 0.15) is 24.2 Å². The van der Waals surface area contributed by atoms with E-state index in [-0.39, 0.29) is 6.42 Å². The summed E-state index contributed by atoms with van der Waals surface area (Å²) in [7, 11) is 0. The average Bonchev–Trinajstić information content (AvgIpc) is 2.70. The van der Waals surface area contributed by atoms with E-state index in [1.54, 1.807) is 0 Å². The van der Waals surface area contributed by atoms with E-state index in [0.29, 0.717) is 19.4 Å². The third kappa shape index (κ3) is 11.2. The number of unbranched alkanes of at least 4 members (excludes halogenated alkanes) is 1. The molecule has 0 aromatic rings. The number of aliphatic hydroxyl groups excluding tert-OH is 1. The van der Waals surface area contributed by atoms with Gasteiger partial charge in [-0.15, -0.1) is 0 Å². The highest BCUT2D eigenvalue weighted by molar-refractivity contribution is 5.97. The van der Waals surface area contributed by atoms with Gasteiger partial charge in [0, 0.05) is 0 Å². The summed E-state index contributed by atoms with van der Waals surface area (Å²) in [6.45, 7) is -0.460. The quantitative estimate of drug-likeness (QED) is 0.0982. The molecular weight excluding hydrogens is 432 g/mol. The van der Waals surface area contributed by atoms with Crippen molar-refractivity contribution in [2.24, 2.45) is 17.2 Å². The fourth-order valence-corrected chi connectivity index (χ4v) is 2.45. The van der Waals surface area contributed by atoms with Crippen molar-refractivity contribution >= 4 is 35.6 Å². The molecule has 0 aliphatic carbocycles. The predicted octanol–water partition coefficient (Wildman–Crippen LogP) is -4.68. The zero-order valence-corrected chi connectivity index (χ0v) is 17.3. The molecule has 32 heavy (non-hydrogen) atoms. The van der Waals surface area contributed by atoms with Crippen LogP contribution in [-0.2, 0) is 28.8 Å². The molecule has 0 aromatic heterocycles. The van der Waals surface area contributed by atoms with Crippen molar-refractivity contribution in [2.75, 3.05) is 13.2 Å². The number of carboxylic acid groups (broad SMARTS) is 2. The molecule has 0 aliphatic heterocycles. The van der Waals surface area contributed by atoms with Gasteiger partial charge < -0.3 is 48.5 Å². The summed E-state index contributed by atoms with van der Waals surface area (Å²) in [4.78, 5) is 70.6. The van der Waals surface area contributed by atoms with Gasteiger partial charge in [0.25, 0.3) is 0 Å². The van der Waals surface area contributed by atoms with E-state index in [0.717, 1.165) is 0 Å². The molecule has 4 amide bonds. The highest BCUT2D eigenvalue weighted by Crippen LogP contribution is 2.04. The summed E-state index contributed by atoms with van der Waals surface area (Å²) in [5, 5.41) is 33.4. The Morgan fingerprint density at radius 3 is 1.72 bits per heavy atom. The monoisotopic (exact) mass is 462 g/mol. The van der Waals surface area contributed by atoms with Gasteiger partial charge in [-0.1, -0.05) is 0 Å². The lowest BCUT2D eigenvalue weighted by Crippen LogP contribution is -2.58. The van der Waals surface area contributed by atoms with Gasteiger partial charge in [0.05, 0.1) is 19.4 Å². The Bertz CT molecular complexity index is 702. The van der Waals surface area contributed by atoms with Crippen LogP contribution in [0.1, 0.15) is 32.1 Å². The summed E-state index contributed by atoms with van der Waals surface area (Å²) in [6.07, 6.45) is -0.702. The molecule has 15 nitrogen and oxygen atoms in total. The Labute approximate surface area is 183 Å². The van der Waals surface area contributed by atoms with E-state index in [2.05, 4.69) is 10.6 Å². The molecule has 0 bridgehead atoms. The van der Waals surface area contributed by atoms with Gasteiger partial charge in [-0.2, -0.15) is 0 Å². The van der Waals surface area contributed by atoms with Crippen molar-refractivity contribution in [3.05, 3.63) is 0 Å². The molecule has 0 radical (unpaired) electrons. The van der Waals surface area contributed by atoms with Crippen LogP contribution in [0.5, 0.6) is 0 Å². The summed E-state index contributed by atoms with van der Waals surface area (Å²) in [5.74, 6) is -7.09. The number of aliphatic carboxylic acids is 2. The van der Waals surface area contributed by atoms with Crippen LogP contribution in [0.15, 0.2) is 0 Å². The zero-order chi connectivity index (χ0) is 24.8. The largest absolute Gasteiger partial charge is 0.481 e. The molecular formula is C17H30N6O9. The first-order chi connectivity index (χ1) is 14.9. The van der Waals surface area contributed by atoms with Crippen LogP contribution in [0.4, 0.5) is 0 Å². The van der Waals surface area contributed by atoms with Crippen LogP contribution in [0.2, 0.25) is 0 Å². The van der Waals surface area contributed by atoms with Crippen LogP contribution < -0.4 is 33.2 Å². The van der Waals surface area contributed by atoms with Crippen LogP contribution >= 0.6 is 0 Å². The van der Waals surface area contributed by atoms with Crippen LogP contribution in [0.25, 0.3) is 0 Å². The zero-order valence-electron chi connectivity index (χ0n) is 17.3. The maximum absolute atomic E-state index is 12.5. The number of nitrogens with one attached hydrogen (secondary N) is 3. The van der Waals surface area contributed by atoms with E-state index in [1.807, 2.05) is 5.32 Å². The minimum absolute atomic E-state index is 0.0340. The lowest BCUT2D eigenvalue weighted by molar-refractivity contribution is -0.143. The SMILES string of the molecule is NCCCCC(NC(=O)C(CC(N)=O)NC(=O)C(CC(=O)O)NC(=O)C(N)CO)C(=O)O. The maximum Gasteiger partial charge on any atom is 0.326 e. The number of aliphatic hydroxyl groups is 1. The smallest absolute Gasteiger partial charge is 0.326 e. The number of nitrogens with two attached hydrogens (primary N) is 3. The molecule has 0 saturated heterocycles. The van der Waals surface area contributed by atoms with Gasteiger partial charge in [0.2, 0.25) is 23.6 Å². The highest BCUT2D eigenvalue weighted by atomic mass is 16.4. The number of carbonyl (C=O) groups is 6. The normalized spacial score (nSPS) is 14.3. The second-order valence-corrected chi connectivity index (χ2v) is 6.86. The number of amides is 4. The highest BCUT2D eigenvalue weighted by Gasteiger charge is 2.32. The first-order valence-corrected chi connectivity index (χ1v) is 9.63. The van der Waals surface area contributed by atoms with Crippen LogP contribution in [0, 0.1) is 0 Å². The van der Waals surface area contributed by atoms with Gasteiger partial charge in [-0.3, -0.25) is 24.0 Å². The van der Waals surface area contributed by atoms with Gasteiger partial charge in [-0.25, -0.2) is 4.79 Å². The molecule has 0 spiro atoms. The minimum atomic E-state index is -1.71. The summed E-state index contributed by atoms with van der Waals surface area (Å²) in [5.41, 5.74) is 15.7. The molecule has 0 saturated carbocycles. The van der Waals surface area contributed by atoms with E-state index in [4.69, 9.17) is 27.4 Å². The second kappa shape index (κ2) is 14.7. The Kier molecular flexibility index (Phi) is 13.1. The maximum atomic E-state index is 12.5. The first-order valence-electron chi connectivity index (χ1n) is 9.63. The van der Waals surface area contributed by atoms with Crippen molar-refractivity contribution < 1.29 is 44.1 Å². The van der Waals surface area contributed by atoms with E-state index >= 15 is 0 Å². The lowest BCUT2D eigenvalue weighted by atomic mass is 10.1. The molecule has 0 rings (SSSR count). The summed E-state index contributed by atoms with van der Waals surface area (Å²) < 4.78 is 0. The van der Waals surface area contributed by atoms with Gasteiger partial charge in [-0.05, 0) is 25.8 Å². The van der Waals surface area contributed by atoms with E-state index < -0.39 is 79.2 Å². The summed E-state index contributed by atoms with van der Waals surface area (Å²) >= 11 is 0. The van der Waals surface area contributed by atoms with E-state index in [1.165, 1.54) is 0 Å². The molecule has 15 heteroatoms. The van der Waals surface area contributed by atoms with Gasteiger partial charge in [0.15, 0.2) is 0 Å². The van der Waals surface area contributed by atoms with Crippen molar-refractivity contribution in [3.8, 4) is 0 Å². The number of hydrogen-bond acceptors (Lipinski definition) is 9. The van der Waals surface area contributed by atoms with Crippen molar-refractivity contribution in [1.82, 2.24) is 16.0 Å². The Balaban J connectivity index is 5.44. The number of hydrogen-bond donors (Lipinski definition) is 9. The molecule has 0 fully saturated rings. The molecule has 4 unspecified atom stereocenters. The van der Waals surface area contributed by atoms with Gasteiger partial charge >= 0.3 is 11.9 Å². The standard InChI is InChI=1S/C17H30N6O9/c18-4-2-1-3-9(17(31)32)21-15(29)10(5-12(20)25)23-16(30)11(6-13(26)27)22-14(28)8(19)7-24/h8-11,24H,1-7,18-19H2,(H2,20,25)(H,21,29)(H,22,28)(H,23,30)(H,26,27)(H,31,32). The molecule has 4 atom stereocenters. The molecule has 0 heterocycles. The topological polar surface area (TPSA) is 277 Å². The second-order valence-electron chi connectivity index (χ2n) is 6.86. The van der Waals surface area contributed by atoms with Crippen molar-refractivity contribution in [1.29, 1.82) is 0 Å². The number of rotatable bonds is 16. The Morgan fingerprint density at radius 1 is 0.781 bits per heavy atom. The van der Waals surface area contributed by atoms with Crippen LogP contribution in [0.3, 0.4) is 0 Å². The third-order valence-corrected chi connectivity index (χ3v) is 4.14. The molecule has 182 valence electrons. The summed E-state index contributed by atoms with van der Waals surface area (Å²) in [6, 6.07) is -6.12. The fourth-order valence-electron chi connectivity index (χ4n) is 2.45. The lowest BCUT2D eigenvalue weighted by Gasteiger charge is -2.24. The number of carbonyl (C=O) groups excluding carboxylic acids is 4. The van der Waals surface area contributed by atoms with Crippen molar-refractivity contribution in [2.45, 2.75) is 56.3 Å². The van der Waals surface area contributed by atoms with Crippen molar-refractivity contribution in [3.63, 3.8) is 0 Å². The Hall–Kier alpha value is -3.30.